The molecule has 9 heteroatoms. The number of aromatic amines is 1. The standard InChI is InChI=1S/C15H22N4O4S/c1-6-9(13(21)23-7-2)24-15-16-11-10(19(15)8(3)4)12(20)17-14(22)18(11)5/h8-9H,6-7H2,1-5H3,(H,17,20,22)/t9-/m1/s1. The summed E-state index contributed by atoms with van der Waals surface area (Å²) in [5.41, 5.74) is -0.368. The molecule has 0 aliphatic rings. The highest BCUT2D eigenvalue weighted by Crippen LogP contribution is 2.30. The van der Waals surface area contributed by atoms with E-state index in [4.69, 9.17) is 4.74 Å². The first-order chi connectivity index (χ1) is 11.3. The number of H-pyrrole nitrogens is 1. The number of aromatic nitrogens is 4. The van der Waals surface area contributed by atoms with Crippen molar-refractivity contribution in [3.05, 3.63) is 20.8 Å². The molecule has 0 fully saturated rings. The van der Waals surface area contributed by atoms with Crippen molar-refractivity contribution in [2.75, 3.05) is 6.61 Å². The molecule has 0 aliphatic heterocycles. The largest absolute Gasteiger partial charge is 0.465 e. The number of thioether (sulfide) groups is 1. The Morgan fingerprint density at radius 2 is 2.00 bits per heavy atom. The number of rotatable bonds is 6. The van der Waals surface area contributed by atoms with Gasteiger partial charge in [-0.3, -0.25) is 19.1 Å². The van der Waals surface area contributed by atoms with Crippen LogP contribution in [0.1, 0.15) is 40.2 Å². The molecule has 0 aliphatic carbocycles. The van der Waals surface area contributed by atoms with Gasteiger partial charge in [-0.1, -0.05) is 18.7 Å². The van der Waals surface area contributed by atoms with E-state index < -0.39 is 16.5 Å². The maximum absolute atomic E-state index is 12.3. The number of carbonyl (C=O) groups excluding carboxylic acids is 1. The summed E-state index contributed by atoms with van der Waals surface area (Å²) in [6.45, 7) is 7.79. The van der Waals surface area contributed by atoms with Crippen LogP contribution in [0.5, 0.6) is 0 Å². The van der Waals surface area contributed by atoms with Gasteiger partial charge in [0.05, 0.1) is 6.61 Å². The molecule has 8 nitrogen and oxygen atoms in total. The molecule has 2 rings (SSSR count). The van der Waals surface area contributed by atoms with Gasteiger partial charge in [-0.05, 0) is 27.2 Å². The van der Waals surface area contributed by atoms with Gasteiger partial charge in [-0.15, -0.1) is 0 Å². The minimum absolute atomic E-state index is 0.0594. The van der Waals surface area contributed by atoms with Gasteiger partial charge >= 0.3 is 11.7 Å². The fourth-order valence-corrected chi connectivity index (χ4v) is 3.54. The summed E-state index contributed by atoms with van der Waals surface area (Å²) in [6, 6.07) is -0.0594. The predicted molar refractivity (Wildman–Crippen MR) is 92.5 cm³/mol. The number of hydrogen-bond acceptors (Lipinski definition) is 6. The van der Waals surface area contributed by atoms with Crippen LogP contribution in [-0.4, -0.2) is 36.9 Å². The molecule has 0 saturated carbocycles. The number of aryl methyl sites for hydroxylation is 1. The molecule has 0 aromatic carbocycles. The molecule has 0 spiro atoms. The fraction of sp³-hybridized carbons (Fsp3) is 0.600. The smallest absolute Gasteiger partial charge is 0.329 e. The van der Waals surface area contributed by atoms with E-state index in [1.54, 1.807) is 18.5 Å². The van der Waals surface area contributed by atoms with Gasteiger partial charge in [0.15, 0.2) is 16.3 Å². The first-order valence-electron chi connectivity index (χ1n) is 7.86. The van der Waals surface area contributed by atoms with Gasteiger partial charge in [0.2, 0.25) is 0 Å². The van der Waals surface area contributed by atoms with Crippen molar-refractivity contribution >= 4 is 28.9 Å². The molecule has 0 radical (unpaired) electrons. The first-order valence-corrected chi connectivity index (χ1v) is 8.74. The molecule has 1 atom stereocenters. The van der Waals surface area contributed by atoms with Crippen LogP contribution in [-0.2, 0) is 16.6 Å². The van der Waals surface area contributed by atoms with Gasteiger partial charge in [-0.2, -0.15) is 0 Å². The summed E-state index contributed by atoms with van der Waals surface area (Å²) in [5, 5.41) is 0.0991. The highest BCUT2D eigenvalue weighted by atomic mass is 32.2. The average Bonchev–Trinajstić information content (AvgIpc) is 2.90. The van der Waals surface area contributed by atoms with E-state index in [2.05, 4.69) is 9.97 Å². The summed E-state index contributed by atoms with van der Waals surface area (Å²) >= 11 is 1.25. The summed E-state index contributed by atoms with van der Waals surface area (Å²) in [4.78, 5) is 42.8. The van der Waals surface area contributed by atoms with Crippen LogP contribution in [0.25, 0.3) is 11.2 Å². The predicted octanol–water partition coefficient (Wildman–Crippen LogP) is 1.44. The minimum Gasteiger partial charge on any atom is -0.465 e. The Labute approximate surface area is 143 Å². The lowest BCUT2D eigenvalue weighted by Gasteiger charge is -2.16. The Morgan fingerprint density at radius 3 is 2.54 bits per heavy atom. The number of ether oxygens (including phenoxy) is 1. The number of nitrogens with one attached hydrogen (secondary N) is 1. The number of hydrogen-bond donors (Lipinski definition) is 1. The number of imidazole rings is 1. The average molecular weight is 354 g/mol. The van der Waals surface area contributed by atoms with E-state index in [0.29, 0.717) is 29.3 Å². The van der Waals surface area contributed by atoms with E-state index in [1.165, 1.54) is 16.3 Å². The summed E-state index contributed by atoms with van der Waals surface area (Å²) in [5.74, 6) is -0.310. The zero-order chi connectivity index (χ0) is 18.0. The monoisotopic (exact) mass is 354 g/mol. The Balaban J connectivity index is 2.62. The van der Waals surface area contributed by atoms with Gasteiger partial charge in [0.25, 0.3) is 5.56 Å². The summed E-state index contributed by atoms with van der Waals surface area (Å²) in [7, 11) is 1.55. The SMILES string of the molecule is CCOC(=O)[C@@H](CC)Sc1nc2c(c(=O)[nH]c(=O)n2C)n1C(C)C. The molecule has 0 bridgehead atoms. The zero-order valence-electron chi connectivity index (χ0n) is 14.5. The van der Waals surface area contributed by atoms with Crippen LogP contribution in [0.3, 0.4) is 0 Å². The zero-order valence-corrected chi connectivity index (χ0v) is 15.3. The molecule has 0 unspecified atom stereocenters. The number of nitrogens with zero attached hydrogens (tertiary/aromatic N) is 3. The van der Waals surface area contributed by atoms with Crippen molar-refractivity contribution in [1.29, 1.82) is 0 Å². The van der Waals surface area contributed by atoms with Gasteiger partial charge in [0.1, 0.15) is 5.25 Å². The fourth-order valence-electron chi connectivity index (χ4n) is 2.40. The minimum atomic E-state index is -0.519. The van der Waals surface area contributed by atoms with Crippen molar-refractivity contribution < 1.29 is 9.53 Å². The summed E-state index contributed by atoms with van der Waals surface area (Å²) in [6.07, 6.45) is 0.570. The van der Waals surface area contributed by atoms with Crippen LogP contribution in [0.4, 0.5) is 0 Å². The van der Waals surface area contributed by atoms with Crippen LogP contribution >= 0.6 is 11.8 Å². The van der Waals surface area contributed by atoms with Crippen LogP contribution in [0, 0.1) is 0 Å². The Kier molecular flexibility index (Phi) is 5.53. The molecule has 2 aromatic rings. The highest BCUT2D eigenvalue weighted by molar-refractivity contribution is 8.00. The second-order valence-electron chi connectivity index (χ2n) is 5.62. The summed E-state index contributed by atoms with van der Waals surface area (Å²) < 4.78 is 8.13. The van der Waals surface area contributed by atoms with Crippen LogP contribution in [0.2, 0.25) is 0 Å². The van der Waals surface area contributed by atoms with Gasteiger partial charge < -0.3 is 9.30 Å². The lowest BCUT2D eigenvalue weighted by Crippen LogP contribution is -2.29. The Hall–Kier alpha value is -2.03. The molecule has 1 N–H and O–H groups in total. The number of fused-ring (bicyclic) bond motifs is 1. The number of esters is 1. The van der Waals surface area contributed by atoms with Gasteiger partial charge in [-0.25, -0.2) is 9.78 Å². The molecular weight excluding hydrogens is 332 g/mol. The molecule has 24 heavy (non-hydrogen) atoms. The molecule has 0 amide bonds. The van der Waals surface area contributed by atoms with Crippen molar-refractivity contribution in [1.82, 2.24) is 19.1 Å². The third-order valence-corrected chi connectivity index (χ3v) is 4.91. The van der Waals surface area contributed by atoms with E-state index in [-0.39, 0.29) is 12.0 Å². The van der Waals surface area contributed by atoms with Crippen LogP contribution in [0.15, 0.2) is 14.7 Å². The van der Waals surface area contributed by atoms with Crippen LogP contribution < -0.4 is 11.2 Å². The third kappa shape index (κ3) is 3.26. The van der Waals surface area contributed by atoms with E-state index in [9.17, 15) is 14.4 Å². The molecule has 132 valence electrons. The van der Waals surface area contributed by atoms with Crippen molar-refractivity contribution in [2.24, 2.45) is 7.05 Å². The second kappa shape index (κ2) is 7.25. The number of carbonyl (C=O) groups is 1. The van der Waals surface area contributed by atoms with E-state index in [0.717, 1.165) is 0 Å². The lowest BCUT2D eigenvalue weighted by atomic mass is 10.3. The lowest BCUT2D eigenvalue weighted by molar-refractivity contribution is -0.142. The maximum Gasteiger partial charge on any atom is 0.329 e. The molecule has 2 heterocycles. The Morgan fingerprint density at radius 1 is 1.33 bits per heavy atom. The van der Waals surface area contributed by atoms with Crippen molar-refractivity contribution in [2.45, 2.75) is 50.6 Å². The molecular formula is C15H22N4O4S. The normalized spacial score (nSPS) is 12.8. The molecule has 2 aromatic heterocycles. The second-order valence-corrected chi connectivity index (χ2v) is 6.79. The molecule has 0 saturated heterocycles. The third-order valence-electron chi connectivity index (χ3n) is 3.60. The highest BCUT2D eigenvalue weighted by Gasteiger charge is 2.25. The van der Waals surface area contributed by atoms with E-state index in [1.807, 2.05) is 20.8 Å². The topological polar surface area (TPSA) is 99.0 Å². The maximum atomic E-state index is 12.3. The van der Waals surface area contributed by atoms with Gasteiger partial charge in [0, 0.05) is 13.1 Å². The quantitative estimate of drug-likeness (QED) is 0.622. The van der Waals surface area contributed by atoms with Crippen molar-refractivity contribution in [3.63, 3.8) is 0 Å². The Bertz CT molecular complexity index is 865. The first kappa shape index (κ1) is 18.3. The van der Waals surface area contributed by atoms with Crippen molar-refractivity contribution in [3.8, 4) is 0 Å². The van der Waals surface area contributed by atoms with E-state index >= 15 is 0 Å².